The Morgan fingerprint density at radius 2 is 1.84 bits per heavy atom. The summed E-state index contributed by atoms with van der Waals surface area (Å²) in [6.45, 7) is 4.30. The minimum atomic E-state index is -0.509. The van der Waals surface area contributed by atoms with Crippen LogP contribution in [0.15, 0.2) is 48.5 Å². The number of halogens is 1. The number of thioether (sulfide) groups is 1. The van der Waals surface area contributed by atoms with Gasteiger partial charge in [0.15, 0.2) is 0 Å². The van der Waals surface area contributed by atoms with Crippen molar-refractivity contribution in [3.63, 3.8) is 0 Å². The fourth-order valence-electron chi connectivity index (χ4n) is 3.90. The lowest BCUT2D eigenvalue weighted by Gasteiger charge is -2.30. The molecule has 0 aromatic heterocycles. The largest absolute Gasteiger partial charge is 0.352 e. The van der Waals surface area contributed by atoms with Crippen LogP contribution in [-0.4, -0.2) is 34.6 Å². The van der Waals surface area contributed by atoms with Crippen LogP contribution in [0.2, 0.25) is 5.02 Å². The van der Waals surface area contributed by atoms with E-state index in [0.717, 1.165) is 48.1 Å². The molecule has 1 atom stereocenters. The number of hydrogen-bond acceptors (Lipinski definition) is 3. The van der Waals surface area contributed by atoms with Crippen LogP contribution in [0, 0.1) is 6.92 Å². The number of benzene rings is 2. The highest BCUT2D eigenvalue weighted by Crippen LogP contribution is 2.20. The number of carbonyl (C=O) groups excluding carboxylic acids is 2. The predicted octanol–water partition coefficient (Wildman–Crippen LogP) is 5.36. The van der Waals surface area contributed by atoms with E-state index in [1.165, 1.54) is 0 Å². The van der Waals surface area contributed by atoms with E-state index in [-0.39, 0.29) is 17.9 Å². The molecular formula is C25H31ClN2O2S. The van der Waals surface area contributed by atoms with Crippen molar-refractivity contribution in [1.82, 2.24) is 10.2 Å². The first-order chi connectivity index (χ1) is 14.9. The van der Waals surface area contributed by atoms with E-state index in [9.17, 15) is 9.59 Å². The average molecular weight is 459 g/mol. The fourth-order valence-corrected chi connectivity index (χ4v) is 4.90. The van der Waals surface area contributed by atoms with Gasteiger partial charge in [-0.25, -0.2) is 0 Å². The zero-order chi connectivity index (χ0) is 22.2. The predicted molar refractivity (Wildman–Crippen MR) is 129 cm³/mol. The molecule has 2 aromatic rings. The lowest BCUT2D eigenvalue weighted by atomic mass is 10.1. The summed E-state index contributed by atoms with van der Waals surface area (Å²) in [4.78, 5) is 27.8. The Bertz CT molecular complexity index is 881. The minimum Gasteiger partial charge on any atom is -0.352 e. The maximum atomic E-state index is 13.2. The SMILES string of the molecule is Cc1cccc(CN(C(=O)CSCc2ccc(Cl)cc2)[C@H](C)C(=O)NC2CCCC2)c1. The van der Waals surface area contributed by atoms with E-state index in [0.29, 0.717) is 17.3 Å². The molecule has 0 unspecified atom stereocenters. The quantitative estimate of drug-likeness (QED) is 0.550. The lowest BCUT2D eigenvalue weighted by Crippen LogP contribution is -2.50. The molecule has 0 aliphatic heterocycles. The summed E-state index contributed by atoms with van der Waals surface area (Å²) in [6.07, 6.45) is 4.38. The number of hydrogen-bond donors (Lipinski definition) is 1. The zero-order valence-corrected chi connectivity index (χ0v) is 19.8. The molecule has 0 saturated heterocycles. The molecule has 0 radical (unpaired) electrons. The molecular weight excluding hydrogens is 428 g/mol. The molecule has 0 heterocycles. The van der Waals surface area contributed by atoms with Crippen LogP contribution in [0.1, 0.15) is 49.3 Å². The van der Waals surface area contributed by atoms with Crippen molar-refractivity contribution in [3.05, 3.63) is 70.2 Å². The highest BCUT2D eigenvalue weighted by molar-refractivity contribution is 7.99. The van der Waals surface area contributed by atoms with Gasteiger partial charge in [-0.05, 0) is 49.9 Å². The summed E-state index contributed by atoms with van der Waals surface area (Å²) in [6, 6.07) is 15.5. The highest BCUT2D eigenvalue weighted by atomic mass is 35.5. The Balaban J connectivity index is 1.65. The molecule has 1 aliphatic carbocycles. The summed E-state index contributed by atoms with van der Waals surface area (Å²) in [7, 11) is 0. The van der Waals surface area contributed by atoms with Crippen molar-refractivity contribution < 1.29 is 9.59 Å². The van der Waals surface area contributed by atoms with Crippen LogP contribution in [0.5, 0.6) is 0 Å². The molecule has 1 aliphatic rings. The van der Waals surface area contributed by atoms with Gasteiger partial charge in [0, 0.05) is 23.4 Å². The van der Waals surface area contributed by atoms with Gasteiger partial charge in [0.1, 0.15) is 6.04 Å². The summed E-state index contributed by atoms with van der Waals surface area (Å²) in [5.74, 6) is 0.976. The van der Waals surface area contributed by atoms with Gasteiger partial charge < -0.3 is 10.2 Å². The Morgan fingerprint density at radius 1 is 1.13 bits per heavy atom. The first-order valence-electron chi connectivity index (χ1n) is 10.9. The molecule has 6 heteroatoms. The molecule has 1 saturated carbocycles. The third-order valence-corrected chi connectivity index (χ3v) is 6.95. The molecule has 31 heavy (non-hydrogen) atoms. The van der Waals surface area contributed by atoms with Crippen LogP contribution in [-0.2, 0) is 21.9 Å². The van der Waals surface area contributed by atoms with Crippen molar-refractivity contribution in [3.8, 4) is 0 Å². The monoisotopic (exact) mass is 458 g/mol. The maximum absolute atomic E-state index is 13.2. The van der Waals surface area contributed by atoms with Crippen LogP contribution in [0.4, 0.5) is 0 Å². The standard InChI is InChI=1S/C25H31ClN2O2S/c1-18-6-5-7-21(14-18)15-28(19(2)25(30)27-23-8-3-4-9-23)24(29)17-31-16-20-10-12-22(26)13-11-20/h5-7,10-14,19,23H,3-4,8-9,15-17H2,1-2H3,(H,27,30)/t19-/m1/s1. The molecule has 3 rings (SSSR count). The van der Waals surface area contributed by atoms with Crippen molar-refractivity contribution in [1.29, 1.82) is 0 Å². The van der Waals surface area contributed by atoms with Crippen LogP contribution < -0.4 is 5.32 Å². The second-order valence-electron chi connectivity index (χ2n) is 8.30. The number of aryl methyl sites for hydroxylation is 1. The normalized spacial score (nSPS) is 14.9. The fraction of sp³-hybridized carbons (Fsp3) is 0.440. The Kier molecular flexibility index (Phi) is 8.85. The van der Waals surface area contributed by atoms with Crippen LogP contribution in [0.3, 0.4) is 0 Å². The van der Waals surface area contributed by atoms with E-state index in [1.54, 1.807) is 16.7 Å². The first kappa shape index (κ1) is 23.7. The maximum Gasteiger partial charge on any atom is 0.242 e. The van der Waals surface area contributed by atoms with Gasteiger partial charge in [-0.15, -0.1) is 11.8 Å². The van der Waals surface area contributed by atoms with Gasteiger partial charge in [-0.1, -0.05) is 66.4 Å². The van der Waals surface area contributed by atoms with E-state index in [1.807, 2.05) is 56.3 Å². The second kappa shape index (κ2) is 11.6. The Labute approximate surface area is 194 Å². The molecule has 1 N–H and O–H groups in total. The van der Waals surface area contributed by atoms with Gasteiger partial charge in [-0.2, -0.15) is 0 Å². The number of nitrogens with one attached hydrogen (secondary N) is 1. The van der Waals surface area contributed by atoms with E-state index >= 15 is 0 Å². The van der Waals surface area contributed by atoms with Crippen molar-refractivity contribution in [2.75, 3.05) is 5.75 Å². The molecule has 4 nitrogen and oxygen atoms in total. The van der Waals surface area contributed by atoms with Gasteiger partial charge in [-0.3, -0.25) is 9.59 Å². The highest BCUT2D eigenvalue weighted by Gasteiger charge is 2.28. The van der Waals surface area contributed by atoms with Gasteiger partial charge in [0.05, 0.1) is 5.75 Å². The molecule has 0 spiro atoms. The van der Waals surface area contributed by atoms with Crippen LogP contribution in [0.25, 0.3) is 0 Å². The molecule has 2 aromatic carbocycles. The van der Waals surface area contributed by atoms with E-state index in [2.05, 4.69) is 11.4 Å². The summed E-state index contributed by atoms with van der Waals surface area (Å²) in [5.41, 5.74) is 3.31. The Morgan fingerprint density at radius 3 is 2.52 bits per heavy atom. The van der Waals surface area contributed by atoms with Crippen molar-refractivity contribution in [2.45, 2.75) is 63.9 Å². The summed E-state index contributed by atoms with van der Waals surface area (Å²) in [5, 5.41) is 3.85. The third kappa shape index (κ3) is 7.29. The van der Waals surface area contributed by atoms with Crippen molar-refractivity contribution in [2.24, 2.45) is 0 Å². The third-order valence-electron chi connectivity index (χ3n) is 5.71. The summed E-state index contributed by atoms with van der Waals surface area (Å²) < 4.78 is 0. The first-order valence-corrected chi connectivity index (χ1v) is 12.4. The van der Waals surface area contributed by atoms with E-state index in [4.69, 9.17) is 11.6 Å². The topological polar surface area (TPSA) is 49.4 Å². The number of amides is 2. The smallest absolute Gasteiger partial charge is 0.242 e. The van der Waals surface area contributed by atoms with E-state index < -0.39 is 6.04 Å². The van der Waals surface area contributed by atoms with Gasteiger partial charge in [0.25, 0.3) is 0 Å². The molecule has 166 valence electrons. The number of carbonyl (C=O) groups is 2. The zero-order valence-electron chi connectivity index (χ0n) is 18.3. The average Bonchev–Trinajstić information content (AvgIpc) is 3.26. The molecule has 1 fully saturated rings. The summed E-state index contributed by atoms with van der Waals surface area (Å²) >= 11 is 7.50. The van der Waals surface area contributed by atoms with Gasteiger partial charge in [0.2, 0.25) is 11.8 Å². The van der Waals surface area contributed by atoms with Crippen molar-refractivity contribution >= 4 is 35.2 Å². The molecule has 0 bridgehead atoms. The molecule has 2 amide bonds. The lowest BCUT2D eigenvalue weighted by molar-refractivity contribution is -0.138. The number of nitrogens with zero attached hydrogens (tertiary/aromatic N) is 1. The van der Waals surface area contributed by atoms with Crippen LogP contribution >= 0.6 is 23.4 Å². The van der Waals surface area contributed by atoms with Gasteiger partial charge >= 0.3 is 0 Å². The second-order valence-corrected chi connectivity index (χ2v) is 9.72. The Hall–Kier alpha value is -1.98. The number of rotatable bonds is 9. The minimum absolute atomic E-state index is 0.0189.